The SMILES string of the molecule is C=Cc1ccc(-c2ccc(Cl)cc2)cc1C1=C(O)C(C)(C)OC(C)(C)C1=O.CC.CC1(C)OC(C)(C)C(O)=C(c2cc(-c3ccc(Cl)cc3)ccc2C2CC2)C1=O. The average molecular weight is 810 g/mol. The molecule has 2 aliphatic heterocycles. The average Bonchev–Trinajstić information content (AvgIpc) is 4.01. The Balaban J connectivity index is 0.000000209. The van der Waals surface area contributed by atoms with Gasteiger partial charge in [-0.3, -0.25) is 9.59 Å². The fraction of sp³-hybridized carbons (Fsp3) is 0.347. The highest BCUT2D eigenvalue weighted by atomic mass is 35.5. The maximum absolute atomic E-state index is 13.3. The third-order valence-electron chi connectivity index (χ3n) is 10.4. The molecule has 2 heterocycles. The molecule has 4 aromatic rings. The maximum atomic E-state index is 13.3. The lowest BCUT2D eigenvalue weighted by Gasteiger charge is -2.41. The van der Waals surface area contributed by atoms with E-state index in [1.54, 1.807) is 61.5 Å². The van der Waals surface area contributed by atoms with E-state index in [1.165, 1.54) is 0 Å². The first-order valence-corrected chi connectivity index (χ1v) is 20.2. The zero-order chi connectivity index (χ0) is 42.2. The molecule has 1 saturated carbocycles. The highest BCUT2D eigenvalue weighted by Gasteiger charge is 2.49. The van der Waals surface area contributed by atoms with E-state index in [9.17, 15) is 19.8 Å². The van der Waals surface area contributed by atoms with Crippen molar-refractivity contribution in [3.05, 3.63) is 135 Å². The van der Waals surface area contributed by atoms with Crippen molar-refractivity contribution >= 4 is 52.0 Å². The molecule has 8 heteroatoms. The second-order valence-electron chi connectivity index (χ2n) is 16.4. The quantitative estimate of drug-likeness (QED) is 0.201. The fourth-order valence-corrected chi connectivity index (χ4v) is 7.75. The number of ketones is 2. The maximum Gasteiger partial charge on any atom is 0.198 e. The summed E-state index contributed by atoms with van der Waals surface area (Å²) in [6.07, 6.45) is 3.90. The van der Waals surface area contributed by atoms with Crippen LogP contribution in [0.4, 0.5) is 0 Å². The summed E-state index contributed by atoms with van der Waals surface area (Å²) in [6.45, 7) is 22.0. The lowest BCUT2D eigenvalue weighted by molar-refractivity contribution is -0.158. The minimum absolute atomic E-state index is 0.00646. The molecule has 0 saturated heterocycles. The van der Waals surface area contributed by atoms with E-state index in [0.717, 1.165) is 51.8 Å². The van der Waals surface area contributed by atoms with E-state index in [0.29, 0.717) is 27.1 Å². The largest absolute Gasteiger partial charge is 0.508 e. The summed E-state index contributed by atoms with van der Waals surface area (Å²) in [7, 11) is 0. The van der Waals surface area contributed by atoms with Crippen LogP contribution in [0.3, 0.4) is 0 Å². The molecule has 6 nitrogen and oxygen atoms in total. The molecule has 1 fully saturated rings. The van der Waals surface area contributed by atoms with E-state index in [2.05, 4.69) is 18.7 Å². The number of hydrogen-bond acceptors (Lipinski definition) is 6. The number of aliphatic hydroxyl groups is 2. The number of ether oxygens (including phenoxy) is 2. The number of carbonyl (C=O) groups is 2. The van der Waals surface area contributed by atoms with Gasteiger partial charge in [0.15, 0.2) is 11.6 Å². The number of Topliss-reactive ketones (excluding diaryl/α,β-unsaturated/α-hetero) is 2. The van der Waals surface area contributed by atoms with E-state index >= 15 is 0 Å². The van der Waals surface area contributed by atoms with Crippen LogP contribution >= 0.6 is 23.2 Å². The number of rotatable bonds is 6. The van der Waals surface area contributed by atoms with Crippen molar-refractivity contribution in [2.45, 2.75) is 110 Å². The predicted octanol–water partition coefficient (Wildman–Crippen LogP) is 13.4. The van der Waals surface area contributed by atoms with Crippen LogP contribution in [0.5, 0.6) is 0 Å². The smallest absolute Gasteiger partial charge is 0.198 e. The van der Waals surface area contributed by atoms with E-state index in [1.807, 2.05) is 86.6 Å². The van der Waals surface area contributed by atoms with Gasteiger partial charge in [0.05, 0.1) is 11.1 Å². The molecular formula is C49H54Cl2O6. The molecule has 0 bridgehead atoms. The zero-order valence-electron chi connectivity index (χ0n) is 34.6. The molecule has 2 N–H and O–H groups in total. The topological polar surface area (TPSA) is 93.1 Å². The number of benzene rings is 4. The van der Waals surface area contributed by atoms with Gasteiger partial charge in [-0.25, -0.2) is 0 Å². The molecule has 0 spiro atoms. The summed E-state index contributed by atoms with van der Waals surface area (Å²) >= 11 is 12.0. The van der Waals surface area contributed by atoms with Gasteiger partial charge in [0.25, 0.3) is 0 Å². The van der Waals surface area contributed by atoms with Gasteiger partial charge in [-0.2, -0.15) is 0 Å². The second-order valence-corrected chi connectivity index (χ2v) is 17.3. The first kappa shape index (κ1) is 43.7. The van der Waals surface area contributed by atoms with Crippen molar-refractivity contribution < 1.29 is 29.3 Å². The van der Waals surface area contributed by atoms with Crippen LogP contribution in [-0.2, 0) is 19.1 Å². The van der Waals surface area contributed by atoms with Crippen molar-refractivity contribution in [3.8, 4) is 22.3 Å². The van der Waals surface area contributed by atoms with Gasteiger partial charge in [-0.1, -0.05) is 98.2 Å². The first-order chi connectivity index (χ1) is 26.7. The molecule has 1 aliphatic carbocycles. The lowest BCUT2D eigenvalue weighted by atomic mass is 9.80. The van der Waals surface area contributed by atoms with Crippen LogP contribution in [0.2, 0.25) is 10.0 Å². The summed E-state index contributed by atoms with van der Waals surface area (Å²) in [5.74, 6) is -0.0539. The van der Waals surface area contributed by atoms with Crippen LogP contribution < -0.4 is 0 Å². The Morgan fingerprint density at radius 2 is 0.947 bits per heavy atom. The third kappa shape index (κ3) is 9.00. The standard InChI is InChI=1S/C24H25ClO3.C23H23ClO3.C2H6/c1-23(2)21(26)20(22(27)24(3,4)28-23)19-13-16(9-12-18(19)15-5-6-15)14-7-10-17(25)11-8-14;1-6-14-7-8-16(15-9-11-17(24)12-10-15)13-18(14)19-20(25)22(2,3)27-23(4,5)21(19)26;1-2/h7-13,15,26H,5-6H2,1-4H3;6-13,25H,1H2,2-5H3;1-2H3. The van der Waals surface area contributed by atoms with Crippen LogP contribution in [-0.4, -0.2) is 44.2 Å². The highest BCUT2D eigenvalue weighted by molar-refractivity contribution is 6.31. The van der Waals surface area contributed by atoms with E-state index < -0.39 is 22.4 Å². The van der Waals surface area contributed by atoms with Crippen molar-refractivity contribution in [1.82, 2.24) is 0 Å². The monoisotopic (exact) mass is 808 g/mol. The Kier molecular flexibility index (Phi) is 12.6. The molecule has 0 aromatic heterocycles. The van der Waals surface area contributed by atoms with Crippen LogP contribution in [0.15, 0.2) is 103 Å². The Morgan fingerprint density at radius 3 is 1.35 bits per heavy atom. The molecule has 0 atom stereocenters. The van der Waals surface area contributed by atoms with Gasteiger partial charge in [-0.05, 0) is 155 Å². The van der Waals surface area contributed by atoms with E-state index in [-0.39, 0.29) is 28.7 Å². The molecule has 3 aliphatic rings. The summed E-state index contributed by atoms with van der Waals surface area (Å²) in [6, 6.07) is 27.1. The molecule has 0 unspecified atom stereocenters. The van der Waals surface area contributed by atoms with Crippen molar-refractivity contribution in [2.75, 3.05) is 0 Å². The first-order valence-electron chi connectivity index (χ1n) is 19.5. The van der Waals surface area contributed by atoms with Crippen molar-refractivity contribution in [2.24, 2.45) is 0 Å². The van der Waals surface area contributed by atoms with Gasteiger partial charge >= 0.3 is 0 Å². The zero-order valence-corrected chi connectivity index (χ0v) is 36.2. The Hall–Kier alpha value is -4.46. The van der Waals surface area contributed by atoms with Gasteiger partial charge in [0, 0.05) is 10.0 Å². The lowest BCUT2D eigenvalue weighted by Crippen LogP contribution is -2.49. The highest BCUT2D eigenvalue weighted by Crippen LogP contribution is 2.48. The number of carbonyl (C=O) groups excluding carboxylic acids is 2. The van der Waals surface area contributed by atoms with Crippen LogP contribution in [0, 0.1) is 0 Å². The fourth-order valence-electron chi connectivity index (χ4n) is 7.50. The Labute approximate surface area is 347 Å². The summed E-state index contributed by atoms with van der Waals surface area (Å²) in [5.41, 5.74) is 3.99. The van der Waals surface area contributed by atoms with Gasteiger partial charge in [0.1, 0.15) is 33.9 Å². The Bertz CT molecular complexity index is 2250. The molecule has 0 radical (unpaired) electrons. The summed E-state index contributed by atoms with van der Waals surface area (Å²) in [5, 5.41) is 23.2. The minimum atomic E-state index is -1.04. The summed E-state index contributed by atoms with van der Waals surface area (Å²) in [4.78, 5) is 26.4. The molecule has 0 amide bonds. The molecular weight excluding hydrogens is 755 g/mol. The molecule has 4 aromatic carbocycles. The second kappa shape index (κ2) is 16.4. The predicted molar refractivity (Wildman–Crippen MR) is 235 cm³/mol. The Morgan fingerprint density at radius 1 is 0.579 bits per heavy atom. The van der Waals surface area contributed by atoms with Gasteiger partial charge < -0.3 is 19.7 Å². The van der Waals surface area contributed by atoms with Crippen molar-refractivity contribution in [3.63, 3.8) is 0 Å². The van der Waals surface area contributed by atoms with Crippen molar-refractivity contribution in [1.29, 1.82) is 0 Å². The minimum Gasteiger partial charge on any atom is -0.508 e. The summed E-state index contributed by atoms with van der Waals surface area (Å²) < 4.78 is 11.8. The van der Waals surface area contributed by atoms with Gasteiger partial charge in [-0.15, -0.1) is 0 Å². The number of halogens is 2. The molecule has 57 heavy (non-hydrogen) atoms. The normalized spacial score (nSPS) is 19.2. The third-order valence-corrected chi connectivity index (χ3v) is 10.9. The number of aliphatic hydroxyl groups excluding tert-OH is 2. The van der Waals surface area contributed by atoms with Crippen LogP contribution in [0.1, 0.15) is 110 Å². The number of hydrogen-bond donors (Lipinski definition) is 2. The van der Waals surface area contributed by atoms with Gasteiger partial charge in [0.2, 0.25) is 0 Å². The van der Waals surface area contributed by atoms with E-state index in [4.69, 9.17) is 32.7 Å². The molecule has 7 rings (SSSR count). The van der Waals surface area contributed by atoms with Crippen LogP contribution in [0.25, 0.3) is 39.5 Å². The molecule has 300 valence electrons.